The summed E-state index contributed by atoms with van der Waals surface area (Å²) in [5, 5.41) is 13.3. The van der Waals surface area contributed by atoms with Crippen LogP contribution in [0.1, 0.15) is 43.9 Å². The molecule has 0 spiro atoms. The molecule has 0 fully saturated rings. The summed E-state index contributed by atoms with van der Waals surface area (Å²) < 4.78 is 7.20. The number of carbonyl (C=O) groups is 2. The van der Waals surface area contributed by atoms with Crippen molar-refractivity contribution in [3.05, 3.63) is 70.8 Å². The topological polar surface area (TPSA) is 93.3 Å². The monoisotopic (exact) mass is 465 g/mol. The van der Waals surface area contributed by atoms with E-state index >= 15 is 0 Å². The summed E-state index contributed by atoms with van der Waals surface area (Å²) >= 11 is 1.53. The van der Waals surface area contributed by atoms with Crippen LogP contribution in [0.4, 0.5) is 0 Å². The molecule has 8 nitrogen and oxygen atoms in total. The van der Waals surface area contributed by atoms with Gasteiger partial charge in [-0.05, 0) is 56.0 Å². The second-order valence-corrected chi connectivity index (χ2v) is 9.51. The number of nitrogens with zero attached hydrogens (tertiary/aromatic N) is 4. The summed E-state index contributed by atoms with van der Waals surface area (Å²) in [6.45, 7) is 6.14. The Labute approximate surface area is 196 Å². The number of aromatic nitrogens is 3. The Morgan fingerprint density at radius 1 is 1.18 bits per heavy atom. The Hall–Kier alpha value is -3.46. The summed E-state index contributed by atoms with van der Waals surface area (Å²) in [4.78, 5) is 29.7. The van der Waals surface area contributed by atoms with Gasteiger partial charge in [0.2, 0.25) is 5.91 Å². The van der Waals surface area contributed by atoms with Gasteiger partial charge < -0.3 is 14.6 Å². The second-order valence-electron chi connectivity index (χ2n) is 8.48. The zero-order valence-electron chi connectivity index (χ0n) is 18.9. The third kappa shape index (κ3) is 5.14. The average molecular weight is 466 g/mol. The first-order valence-electron chi connectivity index (χ1n) is 10.8. The van der Waals surface area contributed by atoms with E-state index in [1.807, 2.05) is 62.5 Å². The van der Waals surface area contributed by atoms with Crippen molar-refractivity contribution in [3.63, 3.8) is 0 Å². The van der Waals surface area contributed by atoms with Gasteiger partial charge in [-0.1, -0.05) is 30.3 Å². The molecule has 4 rings (SSSR count). The molecule has 0 aliphatic rings. The van der Waals surface area contributed by atoms with E-state index in [2.05, 4.69) is 15.6 Å². The third-order valence-corrected chi connectivity index (χ3v) is 6.51. The minimum atomic E-state index is -0.921. The minimum Gasteiger partial charge on any atom is -0.467 e. The van der Waals surface area contributed by atoms with Crippen LogP contribution in [-0.4, -0.2) is 37.2 Å². The number of hydrogen-bond acceptors (Lipinski definition) is 6. The Kier molecular flexibility index (Phi) is 6.60. The van der Waals surface area contributed by atoms with Gasteiger partial charge in [-0.3, -0.25) is 9.59 Å². The Balaban J connectivity index is 1.70. The number of amides is 2. The third-order valence-electron chi connectivity index (χ3n) is 5.65. The molecule has 0 saturated heterocycles. The van der Waals surface area contributed by atoms with E-state index in [9.17, 15) is 9.59 Å². The van der Waals surface area contributed by atoms with E-state index in [-0.39, 0.29) is 24.9 Å². The van der Waals surface area contributed by atoms with Crippen LogP contribution in [0.25, 0.3) is 11.0 Å². The predicted molar refractivity (Wildman–Crippen MR) is 126 cm³/mol. The highest BCUT2D eigenvalue weighted by Crippen LogP contribution is 2.27. The molecule has 172 valence electrons. The number of thiophene rings is 1. The molecule has 3 aromatic heterocycles. The standard InChI is InChI=1S/C24H27N5O3S/c1-4-24(2,3)25-23(31)22(20-12-7-13-32-20)28(15-17-9-8-14-33-17)21(30)16-29-19-11-6-5-10-18(19)26-27-29/h5-14,22H,4,15-16H2,1-3H3,(H,25,31). The molecule has 0 saturated carbocycles. The quantitative estimate of drug-likeness (QED) is 0.401. The average Bonchev–Trinajstić information content (AvgIpc) is 3.56. The number of para-hydroxylation sites is 1. The van der Waals surface area contributed by atoms with Crippen molar-refractivity contribution in [2.24, 2.45) is 0 Å². The van der Waals surface area contributed by atoms with Gasteiger partial charge in [0.25, 0.3) is 5.91 Å². The fourth-order valence-electron chi connectivity index (χ4n) is 3.51. The van der Waals surface area contributed by atoms with Crippen LogP contribution in [0.2, 0.25) is 0 Å². The highest BCUT2D eigenvalue weighted by atomic mass is 32.1. The van der Waals surface area contributed by atoms with E-state index in [1.54, 1.807) is 21.7 Å². The summed E-state index contributed by atoms with van der Waals surface area (Å²) in [6.07, 6.45) is 2.26. The number of fused-ring (bicyclic) bond motifs is 1. The largest absolute Gasteiger partial charge is 0.467 e. The maximum absolute atomic E-state index is 13.7. The van der Waals surface area contributed by atoms with E-state index in [0.29, 0.717) is 11.3 Å². The van der Waals surface area contributed by atoms with Crippen LogP contribution in [0.15, 0.2) is 64.6 Å². The minimum absolute atomic E-state index is 0.0481. The maximum Gasteiger partial charge on any atom is 0.251 e. The van der Waals surface area contributed by atoms with Crippen LogP contribution >= 0.6 is 11.3 Å². The Morgan fingerprint density at radius 3 is 2.70 bits per heavy atom. The number of hydrogen-bond donors (Lipinski definition) is 1. The lowest BCUT2D eigenvalue weighted by Crippen LogP contribution is -2.50. The highest BCUT2D eigenvalue weighted by molar-refractivity contribution is 7.09. The van der Waals surface area contributed by atoms with Crippen molar-refractivity contribution in [2.45, 2.75) is 51.9 Å². The highest BCUT2D eigenvalue weighted by Gasteiger charge is 2.36. The van der Waals surface area contributed by atoms with Crippen LogP contribution in [0.3, 0.4) is 0 Å². The molecule has 1 N–H and O–H groups in total. The molecule has 33 heavy (non-hydrogen) atoms. The van der Waals surface area contributed by atoms with Gasteiger partial charge in [-0.25, -0.2) is 4.68 Å². The lowest BCUT2D eigenvalue weighted by molar-refractivity contribution is -0.143. The fourth-order valence-corrected chi connectivity index (χ4v) is 4.21. The Bertz CT molecular complexity index is 1210. The van der Waals surface area contributed by atoms with E-state index in [4.69, 9.17) is 4.42 Å². The summed E-state index contributed by atoms with van der Waals surface area (Å²) in [6, 6.07) is 13.9. The molecule has 1 aromatic carbocycles. The number of benzene rings is 1. The predicted octanol–water partition coefficient (Wildman–Crippen LogP) is 4.16. The van der Waals surface area contributed by atoms with E-state index in [1.165, 1.54) is 17.6 Å². The number of furan rings is 1. The smallest absolute Gasteiger partial charge is 0.251 e. The lowest BCUT2D eigenvalue weighted by atomic mass is 10.0. The Morgan fingerprint density at radius 2 is 2.00 bits per heavy atom. The van der Waals surface area contributed by atoms with Gasteiger partial charge in [0.15, 0.2) is 6.04 Å². The van der Waals surface area contributed by atoms with Crippen molar-refractivity contribution in [1.82, 2.24) is 25.2 Å². The molecule has 3 heterocycles. The molecular weight excluding hydrogens is 438 g/mol. The number of nitrogens with one attached hydrogen (secondary N) is 1. The van der Waals surface area contributed by atoms with Crippen LogP contribution in [0.5, 0.6) is 0 Å². The molecule has 0 bridgehead atoms. The number of carbonyl (C=O) groups excluding carboxylic acids is 2. The fraction of sp³-hybridized carbons (Fsp3) is 0.333. The molecule has 4 aromatic rings. The molecule has 1 unspecified atom stereocenters. The zero-order chi connectivity index (χ0) is 23.4. The maximum atomic E-state index is 13.7. The molecule has 0 aliphatic carbocycles. The van der Waals surface area contributed by atoms with Crippen LogP contribution < -0.4 is 5.32 Å². The molecule has 2 amide bonds. The molecule has 0 aliphatic heterocycles. The van der Waals surface area contributed by atoms with E-state index < -0.39 is 11.6 Å². The lowest BCUT2D eigenvalue weighted by Gasteiger charge is -2.33. The SMILES string of the molecule is CCC(C)(C)NC(=O)C(c1ccco1)N(Cc1cccs1)C(=O)Cn1nnc2ccccc21. The second kappa shape index (κ2) is 9.58. The van der Waals surface area contributed by atoms with Gasteiger partial charge in [0, 0.05) is 10.4 Å². The molecule has 9 heteroatoms. The summed E-state index contributed by atoms with van der Waals surface area (Å²) in [5.74, 6) is -0.136. The van der Waals surface area contributed by atoms with Crippen LogP contribution in [0, 0.1) is 0 Å². The normalized spacial score (nSPS) is 12.6. The zero-order valence-corrected chi connectivity index (χ0v) is 19.7. The van der Waals surface area contributed by atoms with Crippen molar-refractivity contribution in [3.8, 4) is 0 Å². The molecule has 0 radical (unpaired) electrons. The van der Waals surface area contributed by atoms with Crippen molar-refractivity contribution >= 4 is 34.2 Å². The van der Waals surface area contributed by atoms with Crippen LogP contribution in [-0.2, 0) is 22.7 Å². The van der Waals surface area contributed by atoms with E-state index in [0.717, 1.165) is 16.8 Å². The first-order chi connectivity index (χ1) is 15.9. The molecule has 1 atom stereocenters. The first kappa shape index (κ1) is 22.7. The van der Waals surface area contributed by atoms with Crippen molar-refractivity contribution < 1.29 is 14.0 Å². The van der Waals surface area contributed by atoms with Gasteiger partial charge >= 0.3 is 0 Å². The molecular formula is C24H27N5O3S. The first-order valence-corrected chi connectivity index (χ1v) is 11.7. The number of rotatable bonds is 9. The van der Waals surface area contributed by atoms with Crippen molar-refractivity contribution in [1.29, 1.82) is 0 Å². The van der Waals surface area contributed by atoms with Gasteiger partial charge in [0.05, 0.1) is 18.3 Å². The van der Waals surface area contributed by atoms with Gasteiger partial charge in [-0.2, -0.15) is 0 Å². The van der Waals surface area contributed by atoms with Crippen molar-refractivity contribution in [2.75, 3.05) is 0 Å². The summed E-state index contributed by atoms with van der Waals surface area (Å²) in [7, 11) is 0. The van der Waals surface area contributed by atoms with Gasteiger partial charge in [0.1, 0.15) is 17.8 Å². The summed E-state index contributed by atoms with van der Waals surface area (Å²) in [5.41, 5.74) is 1.04. The van der Waals surface area contributed by atoms with Gasteiger partial charge in [-0.15, -0.1) is 16.4 Å².